The summed E-state index contributed by atoms with van der Waals surface area (Å²) in [6.07, 6.45) is 5.57. The molecule has 3 heterocycles. The molecule has 33 heavy (non-hydrogen) atoms. The molecule has 0 radical (unpaired) electrons. The summed E-state index contributed by atoms with van der Waals surface area (Å²) in [6.45, 7) is 2.93. The number of rotatable bonds is 6. The second kappa shape index (κ2) is 10.7. The lowest BCUT2D eigenvalue weighted by molar-refractivity contribution is -0.133. The molecule has 2 fully saturated rings. The Kier molecular flexibility index (Phi) is 7.54. The Bertz CT molecular complexity index is 979. The minimum atomic E-state index is -0.411. The number of likely N-dealkylation sites (tertiary alicyclic amines) is 2. The van der Waals surface area contributed by atoms with E-state index in [0.717, 1.165) is 50.1 Å². The van der Waals surface area contributed by atoms with Gasteiger partial charge in [0.2, 0.25) is 15.9 Å². The van der Waals surface area contributed by atoms with E-state index in [9.17, 15) is 14.4 Å². The first-order valence-electron chi connectivity index (χ1n) is 11.4. The predicted molar refractivity (Wildman–Crippen MR) is 125 cm³/mol. The Hall–Kier alpha value is -3.01. The van der Waals surface area contributed by atoms with Gasteiger partial charge in [-0.3, -0.25) is 14.4 Å². The van der Waals surface area contributed by atoms with E-state index in [1.807, 2.05) is 4.90 Å². The van der Waals surface area contributed by atoms with E-state index in [1.54, 1.807) is 36.3 Å². The molecule has 2 aliphatic rings. The van der Waals surface area contributed by atoms with Crippen molar-refractivity contribution < 1.29 is 19.1 Å². The highest BCUT2D eigenvalue weighted by Crippen LogP contribution is 2.25. The number of piperidine rings is 2. The lowest BCUT2D eigenvalue weighted by atomic mass is 9.92. The molecule has 9 nitrogen and oxygen atoms in total. The van der Waals surface area contributed by atoms with Gasteiger partial charge in [-0.2, -0.15) is 0 Å². The molecule has 2 saturated heterocycles. The number of carbonyl (C=O) groups excluding carboxylic acids is 3. The molecule has 1 N–H and O–H groups in total. The summed E-state index contributed by atoms with van der Waals surface area (Å²) in [5, 5.41) is 10.9. The molecule has 2 aromatic rings. The molecule has 4 rings (SSSR count). The van der Waals surface area contributed by atoms with E-state index in [0.29, 0.717) is 36.9 Å². The summed E-state index contributed by atoms with van der Waals surface area (Å²) in [5.41, 5.74) is 0.602. The van der Waals surface area contributed by atoms with Gasteiger partial charge in [0, 0.05) is 38.3 Å². The zero-order valence-electron chi connectivity index (χ0n) is 18.8. The summed E-state index contributed by atoms with van der Waals surface area (Å²) in [5.74, 6) is 0.625. The van der Waals surface area contributed by atoms with Crippen LogP contribution in [0.5, 0.6) is 5.75 Å². The number of nitrogens with one attached hydrogen (secondary N) is 1. The van der Waals surface area contributed by atoms with Crippen molar-refractivity contribution in [2.45, 2.75) is 38.5 Å². The molecule has 0 unspecified atom stereocenters. The summed E-state index contributed by atoms with van der Waals surface area (Å²) < 4.78 is 5.11. The topological polar surface area (TPSA) is 105 Å². The number of hydrogen-bond donors (Lipinski definition) is 1. The second-order valence-corrected chi connectivity index (χ2v) is 9.45. The number of aromatic nitrogens is 2. The fourth-order valence-corrected chi connectivity index (χ4v) is 4.96. The van der Waals surface area contributed by atoms with E-state index in [2.05, 4.69) is 15.5 Å². The van der Waals surface area contributed by atoms with Crippen molar-refractivity contribution in [3.63, 3.8) is 0 Å². The smallest absolute Gasteiger partial charge is 0.286 e. The number of benzene rings is 1. The fraction of sp³-hybridized carbons (Fsp3) is 0.522. The Morgan fingerprint density at radius 2 is 1.64 bits per heavy atom. The summed E-state index contributed by atoms with van der Waals surface area (Å²) in [4.78, 5) is 41.6. The van der Waals surface area contributed by atoms with E-state index in [4.69, 9.17) is 4.74 Å². The molecular formula is C23H29N5O4S. The number of hydrogen-bond acceptors (Lipinski definition) is 7. The van der Waals surface area contributed by atoms with Crippen LogP contribution in [-0.4, -0.2) is 71.0 Å². The SMILES string of the molecule is COc1ccc(NC(=O)c2nnc(C(=O)N3CCC(CC(=O)N4CCCCC4)CC3)s2)cc1. The van der Waals surface area contributed by atoms with Crippen molar-refractivity contribution in [1.82, 2.24) is 20.0 Å². The Balaban J connectivity index is 1.26. The molecule has 2 aliphatic heterocycles. The van der Waals surface area contributed by atoms with Crippen LogP contribution in [0.15, 0.2) is 24.3 Å². The van der Waals surface area contributed by atoms with Crippen molar-refractivity contribution in [2.24, 2.45) is 5.92 Å². The number of nitrogens with zero attached hydrogens (tertiary/aromatic N) is 4. The van der Waals surface area contributed by atoms with Crippen LogP contribution in [0.25, 0.3) is 0 Å². The van der Waals surface area contributed by atoms with E-state index in [-0.39, 0.29) is 21.8 Å². The van der Waals surface area contributed by atoms with Crippen molar-refractivity contribution in [2.75, 3.05) is 38.6 Å². The van der Waals surface area contributed by atoms with Crippen LogP contribution in [0.1, 0.15) is 58.1 Å². The lowest BCUT2D eigenvalue weighted by Gasteiger charge is -2.33. The summed E-state index contributed by atoms with van der Waals surface area (Å²) >= 11 is 0.989. The Morgan fingerprint density at radius 3 is 2.30 bits per heavy atom. The van der Waals surface area contributed by atoms with Crippen molar-refractivity contribution >= 4 is 34.7 Å². The quantitative estimate of drug-likeness (QED) is 0.694. The zero-order valence-corrected chi connectivity index (χ0v) is 19.6. The largest absolute Gasteiger partial charge is 0.497 e. The van der Waals surface area contributed by atoms with Crippen LogP contribution in [0.2, 0.25) is 0 Å². The molecule has 0 saturated carbocycles. The van der Waals surface area contributed by atoms with Crippen LogP contribution in [0, 0.1) is 5.92 Å². The van der Waals surface area contributed by atoms with Crippen molar-refractivity contribution in [1.29, 1.82) is 0 Å². The minimum absolute atomic E-state index is 0.135. The predicted octanol–water partition coefficient (Wildman–Crippen LogP) is 3.05. The van der Waals surface area contributed by atoms with Gasteiger partial charge in [0.25, 0.3) is 11.8 Å². The van der Waals surface area contributed by atoms with Crippen LogP contribution < -0.4 is 10.1 Å². The minimum Gasteiger partial charge on any atom is -0.497 e. The van der Waals surface area contributed by atoms with Gasteiger partial charge in [0.05, 0.1) is 7.11 Å². The van der Waals surface area contributed by atoms with Crippen LogP contribution >= 0.6 is 11.3 Å². The summed E-state index contributed by atoms with van der Waals surface area (Å²) in [6, 6.07) is 6.94. The highest BCUT2D eigenvalue weighted by atomic mass is 32.1. The number of anilines is 1. The number of ether oxygens (including phenoxy) is 1. The zero-order chi connectivity index (χ0) is 23.2. The monoisotopic (exact) mass is 471 g/mol. The highest BCUT2D eigenvalue weighted by Gasteiger charge is 2.29. The van der Waals surface area contributed by atoms with Gasteiger partial charge < -0.3 is 19.9 Å². The standard InChI is InChI=1S/C23H29N5O4S/c1-32-18-7-5-17(6-8-18)24-20(30)21-25-26-22(33-21)23(31)28-13-9-16(10-14-28)15-19(29)27-11-3-2-4-12-27/h5-8,16H,2-4,9-15H2,1H3,(H,24,30). The lowest BCUT2D eigenvalue weighted by Crippen LogP contribution is -2.41. The van der Waals surface area contributed by atoms with Gasteiger partial charge in [-0.1, -0.05) is 11.3 Å². The number of amides is 3. The van der Waals surface area contributed by atoms with E-state index in [1.165, 1.54) is 6.42 Å². The average Bonchev–Trinajstić information content (AvgIpc) is 3.36. The molecule has 176 valence electrons. The molecule has 0 aliphatic carbocycles. The van der Waals surface area contributed by atoms with E-state index < -0.39 is 5.91 Å². The maximum absolute atomic E-state index is 12.9. The fourth-order valence-electron chi connectivity index (χ4n) is 4.26. The van der Waals surface area contributed by atoms with Gasteiger partial charge in [-0.15, -0.1) is 10.2 Å². The maximum Gasteiger partial charge on any atom is 0.286 e. The highest BCUT2D eigenvalue weighted by molar-refractivity contribution is 7.15. The Morgan fingerprint density at radius 1 is 0.970 bits per heavy atom. The van der Waals surface area contributed by atoms with Gasteiger partial charge in [-0.05, 0) is 62.3 Å². The molecule has 0 spiro atoms. The van der Waals surface area contributed by atoms with Crippen molar-refractivity contribution in [3.05, 3.63) is 34.3 Å². The van der Waals surface area contributed by atoms with Crippen LogP contribution in [0.4, 0.5) is 5.69 Å². The maximum atomic E-state index is 12.9. The molecule has 0 bridgehead atoms. The third-order valence-corrected chi connectivity index (χ3v) is 7.13. The normalized spacial score (nSPS) is 17.0. The van der Waals surface area contributed by atoms with Crippen LogP contribution in [0.3, 0.4) is 0 Å². The average molecular weight is 472 g/mol. The van der Waals surface area contributed by atoms with E-state index >= 15 is 0 Å². The third-order valence-electron chi connectivity index (χ3n) is 6.22. The summed E-state index contributed by atoms with van der Waals surface area (Å²) in [7, 11) is 1.57. The van der Waals surface area contributed by atoms with Crippen LogP contribution in [-0.2, 0) is 4.79 Å². The Labute approximate surface area is 197 Å². The van der Waals surface area contributed by atoms with Gasteiger partial charge in [0.15, 0.2) is 0 Å². The van der Waals surface area contributed by atoms with Gasteiger partial charge in [0.1, 0.15) is 5.75 Å². The number of methoxy groups -OCH3 is 1. The van der Waals surface area contributed by atoms with Gasteiger partial charge in [-0.25, -0.2) is 0 Å². The number of carbonyl (C=O) groups is 3. The molecule has 3 amide bonds. The first kappa shape index (κ1) is 23.2. The first-order valence-corrected chi connectivity index (χ1v) is 12.2. The molecular weight excluding hydrogens is 442 g/mol. The van der Waals surface area contributed by atoms with Gasteiger partial charge >= 0.3 is 0 Å². The second-order valence-electron chi connectivity index (χ2n) is 8.48. The molecule has 10 heteroatoms. The molecule has 1 aromatic heterocycles. The third kappa shape index (κ3) is 5.87. The molecule has 0 atom stereocenters. The van der Waals surface area contributed by atoms with Crippen molar-refractivity contribution in [3.8, 4) is 5.75 Å². The first-order chi connectivity index (χ1) is 16.0. The molecule has 1 aromatic carbocycles.